The van der Waals surface area contributed by atoms with Crippen LogP contribution in [0.2, 0.25) is 0 Å². The highest BCUT2D eigenvalue weighted by Gasteiger charge is 2.52. The van der Waals surface area contributed by atoms with Crippen LogP contribution in [-0.4, -0.2) is 23.3 Å². The quantitative estimate of drug-likeness (QED) is 0.640. The number of aliphatic hydroxyl groups is 1. The summed E-state index contributed by atoms with van der Waals surface area (Å²) in [5, 5.41) is 10.3. The minimum absolute atomic E-state index is 0.0242. The van der Waals surface area contributed by atoms with Gasteiger partial charge in [0.2, 0.25) is 0 Å². The number of hydrogen-bond donors (Lipinski definition) is 1. The summed E-state index contributed by atoms with van der Waals surface area (Å²) in [6.07, 6.45) is 7.27. The Morgan fingerprint density at radius 3 is 2.86 bits per heavy atom. The van der Waals surface area contributed by atoms with E-state index in [0.29, 0.717) is 29.7 Å². The molecule has 0 radical (unpaired) electrons. The summed E-state index contributed by atoms with van der Waals surface area (Å²) in [4.78, 5) is 11.5. The second kappa shape index (κ2) is 5.42. The van der Waals surface area contributed by atoms with Gasteiger partial charge in [-0.05, 0) is 55.3 Å². The van der Waals surface area contributed by atoms with Crippen molar-refractivity contribution in [1.29, 1.82) is 0 Å². The van der Waals surface area contributed by atoms with E-state index < -0.39 is 0 Å². The van der Waals surface area contributed by atoms with Crippen molar-refractivity contribution in [2.24, 2.45) is 23.2 Å². The summed E-state index contributed by atoms with van der Waals surface area (Å²) >= 11 is 0. The molecule has 0 aromatic heterocycles. The third-order valence-electron chi connectivity index (χ3n) is 6.52. The molecule has 0 amide bonds. The standard InChI is InChI=1S/C18H28O3/c1-11(9-13-10-12(2)17(20)21-13)14-6-7-15-16(19)5-4-8-18(14,15)3/h11,13-16,19H,2,4-10H2,1,3H3/t11-,13-,14-,15?,16?,18-/m1/s1. The first-order valence-corrected chi connectivity index (χ1v) is 8.48. The summed E-state index contributed by atoms with van der Waals surface area (Å²) in [5.41, 5.74) is 0.896. The van der Waals surface area contributed by atoms with Gasteiger partial charge in [-0.25, -0.2) is 4.79 Å². The third kappa shape index (κ3) is 2.54. The van der Waals surface area contributed by atoms with E-state index in [9.17, 15) is 9.90 Å². The average Bonchev–Trinajstić information content (AvgIpc) is 2.91. The van der Waals surface area contributed by atoms with Gasteiger partial charge in [-0.2, -0.15) is 0 Å². The van der Waals surface area contributed by atoms with Crippen molar-refractivity contribution in [2.75, 3.05) is 0 Å². The number of carbonyl (C=O) groups is 1. The van der Waals surface area contributed by atoms with Crippen LogP contribution < -0.4 is 0 Å². The van der Waals surface area contributed by atoms with Crippen LogP contribution >= 0.6 is 0 Å². The maximum atomic E-state index is 11.5. The highest BCUT2D eigenvalue weighted by molar-refractivity contribution is 5.89. The van der Waals surface area contributed by atoms with Crippen molar-refractivity contribution in [1.82, 2.24) is 0 Å². The van der Waals surface area contributed by atoms with Crippen LogP contribution in [0.1, 0.15) is 58.8 Å². The highest BCUT2D eigenvalue weighted by atomic mass is 16.5. The molecule has 2 aliphatic carbocycles. The first kappa shape index (κ1) is 15.1. The Hall–Kier alpha value is -0.830. The molecule has 0 bridgehead atoms. The second-order valence-corrected chi connectivity index (χ2v) is 7.80. The minimum Gasteiger partial charge on any atom is -0.459 e. The molecule has 0 spiro atoms. The maximum Gasteiger partial charge on any atom is 0.333 e. The van der Waals surface area contributed by atoms with E-state index >= 15 is 0 Å². The summed E-state index contributed by atoms with van der Waals surface area (Å²) < 4.78 is 5.41. The van der Waals surface area contributed by atoms with Gasteiger partial charge >= 0.3 is 5.97 Å². The molecule has 2 saturated carbocycles. The number of rotatable bonds is 3. The molecule has 2 unspecified atom stereocenters. The fraction of sp³-hybridized carbons (Fsp3) is 0.833. The van der Waals surface area contributed by atoms with E-state index in [2.05, 4.69) is 20.4 Å². The zero-order valence-electron chi connectivity index (χ0n) is 13.3. The van der Waals surface area contributed by atoms with Gasteiger partial charge in [-0.1, -0.05) is 26.8 Å². The number of aliphatic hydroxyl groups excluding tert-OH is 1. The Morgan fingerprint density at radius 1 is 1.43 bits per heavy atom. The van der Waals surface area contributed by atoms with Crippen molar-refractivity contribution in [3.05, 3.63) is 12.2 Å². The predicted molar refractivity (Wildman–Crippen MR) is 81.6 cm³/mol. The van der Waals surface area contributed by atoms with E-state index in [0.717, 1.165) is 25.7 Å². The molecule has 3 rings (SSSR count). The molecule has 1 N–H and O–H groups in total. The highest BCUT2D eigenvalue weighted by Crippen LogP contribution is 2.58. The number of hydrogen-bond acceptors (Lipinski definition) is 3. The van der Waals surface area contributed by atoms with Crippen molar-refractivity contribution < 1.29 is 14.6 Å². The molecule has 1 aliphatic heterocycles. The average molecular weight is 292 g/mol. The lowest BCUT2D eigenvalue weighted by atomic mass is 9.61. The molecule has 0 aromatic rings. The number of ether oxygens (including phenoxy) is 1. The van der Waals surface area contributed by atoms with E-state index in [1.165, 1.54) is 12.8 Å². The molecular formula is C18H28O3. The number of esters is 1. The van der Waals surface area contributed by atoms with Crippen LogP contribution in [0.15, 0.2) is 12.2 Å². The lowest BCUT2D eigenvalue weighted by Gasteiger charge is -2.45. The first-order chi connectivity index (χ1) is 9.91. The Balaban J connectivity index is 1.66. The molecule has 3 heteroatoms. The second-order valence-electron chi connectivity index (χ2n) is 7.80. The predicted octanol–water partition coefficient (Wildman–Crippen LogP) is 3.46. The molecular weight excluding hydrogens is 264 g/mol. The van der Waals surface area contributed by atoms with E-state index in [1.807, 2.05) is 0 Å². The third-order valence-corrected chi connectivity index (χ3v) is 6.52. The van der Waals surface area contributed by atoms with Crippen LogP contribution in [-0.2, 0) is 9.53 Å². The minimum atomic E-state index is -0.212. The number of fused-ring (bicyclic) bond motifs is 1. The molecule has 3 fully saturated rings. The van der Waals surface area contributed by atoms with Crippen molar-refractivity contribution >= 4 is 5.97 Å². The molecule has 1 saturated heterocycles. The molecule has 21 heavy (non-hydrogen) atoms. The van der Waals surface area contributed by atoms with Crippen molar-refractivity contribution in [3.63, 3.8) is 0 Å². The van der Waals surface area contributed by atoms with Gasteiger partial charge in [0.1, 0.15) is 6.10 Å². The Morgan fingerprint density at radius 2 is 2.19 bits per heavy atom. The fourth-order valence-electron chi connectivity index (χ4n) is 5.47. The smallest absolute Gasteiger partial charge is 0.333 e. The first-order valence-electron chi connectivity index (χ1n) is 8.48. The van der Waals surface area contributed by atoms with Gasteiger partial charge in [0.25, 0.3) is 0 Å². The molecule has 1 heterocycles. The largest absolute Gasteiger partial charge is 0.459 e. The van der Waals surface area contributed by atoms with Crippen LogP contribution in [0, 0.1) is 23.2 Å². The topological polar surface area (TPSA) is 46.5 Å². The van der Waals surface area contributed by atoms with E-state index in [-0.39, 0.29) is 23.6 Å². The number of carbonyl (C=O) groups excluding carboxylic acids is 1. The lowest BCUT2D eigenvalue weighted by Crippen LogP contribution is -2.41. The number of cyclic esters (lactones) is 1. The molecule has 0 aromatic carbocycles. The zero-order chi connectivity index (χ0) is 15.2. The molecule has 3 nitrogen and oxygen atoms in total. The van der Waals surface area contributed by atoms with Crippen LogP contribution in [0.5, 0.6) is 0 Å². The normalized spacial score (nSPS) is 44.5. The Bertz CT molecular complexity index is 428. The Kier molecular flexibility index (Phi) is 3.89. The molecule has 118 valence electrons. The monoisotopic (exact) mass is 292 g/mol. The van der Waals surface area contributed by atoms with Gasteiger partial charge in [-0.3, -0.25) is 0 Å². The summed E-state index contributed by atoms with van der Waals surface area (Å²) in [5.74, 6) is 1.44. The van der Waals surface area contributed by atoms with Crippen molar-refractivity contribution in [2.45, 2.75) is 71.0 Å². The summed E-state index contributed by atoms with van der Waals surface area (Å²) in [6.45, 7) is 8.45. The van der Waals surface area contributed by atoms with Crippen LogP contribution in [0.25, 0.3) is 0 Å². The lowest BCUT2D eigenvalue weighted by molar-refractivity contribution is -0.139. The van der Waals surface area contributed by atoms with E-state index in [4.69, 9.17) is 4.74 Å². The van der Waals surface area contributed by atoms with Gasteiger partial charge in [0.05, 0.1) is 6.10 Å². The summed E-state index contributed by atoms with van der Waals surface area (Å²) in [6, 6.07) is 0. The fourth-order valence-corrected chi connectivity index (χ4v) is 5.47. The van der Waals surface area contributed by atoms with Gasteiger partial charge in [0.15, 0.2) is 0 Å². The van der Waals surface area contributed by atoms with Crippen molar-refractivity contribution in [3.8, 4) is 0 Å². The van der Waals surface area contributed by atoms with E-state index in [1.54, 1.807) is 0 Å². The van der Waals surface area contributed by atoms with Crippen LogP contribution in [0.4, 0.5) is 0 Å². The Labute approximate surface area is 127 Å². The summed E-state index contributed by atoms with van der Waals surface area (Å²) in [7, 11) is 0. The maximum absolute atomic E-state index is 11.5. The SMILES string of the molecule is C=C1C[C@@H](C[C@@H](C)[C@H]2CCC3C(O)CCC[C@@]32C)OC1=O. The van der Waals surface area contributed by atoms with Gasteiger partial charge < -0.3 is 9.84 Å². The van der Waals surface area contributed by atoms with Gasteiger partial charge in [0, 0.05) is 12.0 Å². The van der Waals surface area contributed by atoms with Gasteiger partial charge in [-0.15, -0.1) is 0 Å². The zero-order valence-corrected chi connectivity index (χ0v) is 13.3. The molecule has 3 aliphatic rings. The van der Waals surface area contributed by atoms with Crippen LogP contribution in [0.3, 0.4) is 0 Å². The molecule has 6 atom stereocenters.